The maximum Gasteiger partial charge on any atom is 0.407 e. The smallest absolute Gasteiger partial charge is 0.407 e. The quantitative estimate of drug-likeness (QED) is 0.875. The molecule has 0 heterocycles. The summed E-state index contributed by atoms with van der Waals surface area (Å²) in [6.07, 6.45) is -0.372. The fraction of sp³-hybridized carbons (Fsp3) is 0.588. The minimum atomic E-state index is -0.462. The molecule has 21 heavy (non-hydrogen) atoms. The van der Waals surface area contributed by atoms with Gasteiger partial charge in [-0.2, -0.15) is 0 Å². The first-order chi connectivity index (χ1) is 9.65. The van der Waals surface area contributed by atoms with E-state index >= 15 is 0 Å². The van der Waals surface area contributed by atoms with Crippen LogP contribution in [0.25, 0.3) is 0 Å². The zero-order valence-corrected chi connectivity index (χ0v) is 14.0. The van der Waals surface area contributed by atoms with Crippen LogP contribution in [0.5, 0.6) is 0 Å². The predicted octanol–water partition coefficient (Wildman–Crippen LogP) is 3.31. The number of alkyl carbamates (subject to hydrolysis) is 1. The summed E-state index contributed by atoms with van der Waals surface area (Å²) in [6.45, 7) is 13.2. The highest BCUT2D eigenvalue weighted by Crippen LogP contribution is 2.09. The van der Waals surface area contributed by atoms with Gasteiger partial charge in [-0.05, 0) is 47.1 Å². The first-order valence-electron chi connectivity index (χ1n) is 7.43. The topological polar surface area (TPSA) is 50.4 Å². The van der Waals surface area contributed by atoms with Crippen molar-refractivity contribution in [1.82, 2.24) is 10.6 Å². The molecule has 1 atom stereocenters. The molecule has 1 unspecified atom stereocenters. The van der Waals surface area contributed by atoms with E-state index in [9.17, 15) is 4.79 Å². The van der Waals surface area contributed by atoms with E-state index in [2.05, 4.69) is 42.7 Å². The van der Waals surface area contributed by atoms with Gasteiger partial charge in [0.1, 0.15) is 5.60 Å². The lowest BCUT2D eigenvalue weighted by Crippen LogP contribution is -2.42. The maximum atomic E-state index is 11.6. The Morgan fingerprint density at radius 2 is 1.76 bits per heavy atom. The van der Waals surface area contributed by atoms with E-state index in [1.165, 1.54) is 16.7 Å². The lowest BCUT2D eigenvalue weighted by atomic mass is 10.1. The van der Waals surface area contributed by atoms with Crippen molar-refractivity contribution >= 4 is 6.09 Å². The van der Waals surface area contributed by atoms with Crippen molar-refractivity contribution in [3.63, 3.8) is 0 Å². The van der Waals surface area contributed by atoms with Crippen LogP contribution in [0.2, 0.25) is 0 Å². The van der Waals surface area contributed by atoms with E-state index in [-0.39, 0.29) is 12.1 Å². The van der Waals surface area contributed by atoms with Crippen LogP contribution >= 0.6 is 0 Å². The molecule has 118 valence electrons. The number of hydrogen-bond acceptors (Lipinski definition) is 3. The van der Waals surface area contributed by atoms with E-state index < -0.39 is 5.60 Å². The molecule has 0 aliphatic rings. The van der Waals surface area contributed by atoms with E-state index in [0.717, 1.165) is 6.54 Å². The number of carbonyl (C=O) groups is 1. The molecule has 4 heteroatoms. The summed E-state index contributed by atoms with van der Waals surface area (Å²) >= 11 is 0. The standard InChI is InChI=1S/C17H28N2O2/c1-12-7-13(2)9-15(8-12)11-18-10-14(3)19-16(20)21-17(4,5)6/h7-9,14,18H,10-11H2,1-6H3,(H,19,20). The number of benzene rings is 1. The number of rotatable bonds is 5. The van der Waals surface area contributed by atoms with Crippen LogP contribution in [0.1, 0.15) is 44.4 Å². The SMILES string of the molecule is Cc1cc(C)cc(CNCC(C)NC(=O)OC(C)(C)C)c1. The molecule has 0 saturated heterocycles. The third-order valence-electron chi connectivity index (χ3n) is 2.82. The summed E-state index contributed by atoms with van der Waals surface area (Å²) in [5.74, 6) is 0. The van der Waals surface area contributed by atoms with Gasteiger partial charge in [0.15, 0.2) is 0 Å². The third-order valence-corrected chi connectivity index (χ3v) is 2.82. The average molecular weight is 292 g/mol. The Balaban J connectivity index is 2.33. The molecule has 4 nitrogen and oxygen atoms in total. The van der Waals surface area contributed by atoms with E-state index in [4.69, 9.17) is 4.74 Å². The van der Waals surface area contributed by atoms with Gasteiger partial charge in [0.2, 0.25) is 0 Å². The summed E-state index contributed by atoms with van der Waals surface area (Å²) in [7, 11) is 0. The molecule has 0 saturated carbocycles. The van der Waals surface area contributed by atoms with Crippen molar-refractivity contribution in [3.05, 3.63) is 34.9 Å². The summed E-state index contributed by atoms with van der Waals surface area (Å²) in [5, 5.41) is 6.18. The fourth-order valence-electron chi connectivity index (χ4n) is 2.16. The monoisotopic (exact) mass is 292 g/mol. The maximum absolute atomic E-state index is 11.6. The first kappa shape index (κ1) is 17.5. The van der Waals surface area contributed by atoms with Gasteiger partial charge in [-0.15, -0.1) is 0 Å². The van der Waals surface area contributed by atoms with Gasteiger partial charge >= 0.3 is 6.09 Å². The lowest BCUT2D eigenvalue weighted by Gasteiger charge is -2.22. The van der Waals surface area contributed by atoms with Crippen molar-refractivity contribution in [2.24, 2.45) is 0 Å². The Hall–Kier alpha value is -1.55. The van der Waals surface area contributed by atoms with E-state index in [0.29, 0.717) is 6.54 Å². The zero-order chi connectivity index (χ0) is 16.0. The van der Waals surface area contributed by atoms with E-state index in [1.807, 2.05) is 27.7 Å². The van der Waals surface area contributed by atoms with Gasteiger partial charge < -0.3 is 15.4 Å². The predicted molar refractivity (Wildman–Crippen MR) is 86.5 cm³/mol. The van der Waals surface area contributed by atoms with Gasteiger partial charge in [0.25, 0.3) is 0 Å². The lowest BCUT2D eigenvalue weighted by molar-refractivity contribution is 0.0508. The van der Waals surface area contributed by atoms with Crippen molar-refractivity contribution in [2.45, 2.75) is 59.7 Å². The molecule has 2 N–H and O–H groups in total. The highest BCUT2D eigenvalue weighted by molar-refractivity contribution is 5.68. The summed E-state index contributed by atoms with van der Waals surface area (Å²) in [5.41, 5.74) is 3.34. The number of nitrogens with one attached hydrogen (secondary N) is 2. The second-order valence-corrected chi connectivity index (χ2v) is 6.67. The minimum Gasteiger partial charge on any atom is -0.444 e. The Morgan fingerprint density at radius 3 is 2.29 bits per heavy atom. The highest BCUT2D eigenvalue weighted by Gasteiger charge is 2.17. The van der Waals surface area contributed by atoms with Crippen LogP contribution in [0.15, 0.2) is 18.2 Å². The third kappa shape index (κ3) is 7.71. The Morgan fingerprint density at radius 1 is 1.19 bits per heavy atom. The molecule has 0 spiro atoms. The first-order valence-corrected chi connectivity index (χ1v) is 7.43. The minimum absolute atomic E-state index is 0.0192. The zero-order valence-electron chi connectivity index (χ0n) is 14.0. The Labute approximate surface area is 128 Å². The second-order valence-electron chi connectivity index (χ2n) is 6.67. The average Bonchev–Trinajstić information content (AvgIpc) is 2.24. The number of hydrogen-bond donors (Lipinski definition) is 2. The van der Waals surface area contributed by atoms with Crippen molar-refractivity contribution in [3.8, 4) is 0 Å². The molecule has 0 bridgehead atoms. The number of amides is 1. The number of ether oxygens (including phenoxy) is 1. The number of carbonyl (C=O) groups excluding carboxylic acids is 1. The Kier molecular flexibility index (Phi) is 6.21. The largest absolute Gasteiger partial charge is 0.444 e. The summed E-state index contributed by atoms with van der Waals surface area (Å²) in [6, 6.07) is 6.53. The molecule has 0 radical (unpaired) electrons. The molecule has 1 aromatic rings. The van der Waals surface area contributed by atoms with E-state index in [1.54, 1.807) is 0 Å². The Bertz CT molecular complexity index is 458. The van der Waals surface area contributed by atoms with Gasteiger partial charge in [-0.1, -0.05) is 29.3 Å². The normalized spacial score (nSPS) is 12.9. The second kappa shape index (κ2) is 7.46. The molecule has 1 amide bonds. The van der Waals surface area contributed by atoms with Crippen LogP contribution in [0.4, 0.5) is 4.79 Å². The highest BCUT2D eigenvalue weighted by atomic mass is 16.6. The molecule has 0 aliphatic heterocycles. The van der Waals surface area contributed by atoms with Crippen LogP contribution in [0.3, 0.4) is 0 Å². The molecule has 0 aliphatic carbocycles. The van der Waals surface area contributed by atoms with Gasteiger partial charge in [-0.3, -0.25) is 0 Å². The van der Waals surface area contributed by atoms with Crippen molar-refractivity contribution in [2.75, 3.05) is 6.54 Å². The summed E-state index contributed by atoms with van der Waals surface area (Å²) in [4.78, 5) is 11.6. The van der Waals surface area contributed by atoms with Crippen molar-refractivity contribution in [1.29, 1.82) is 0 Å². The van der Waals surface area contributed by atoms with Crippen LogP contribution < -0.4 is 10.6 Å². The van der Waals surface area contributed by atoms with Gasteiger partial charge in [-0.25, -0.2) is 4.79 Å². The number of aryl methyl sites for hydroxylation is 2. The van der Waals surface area contributed by atoms with Crippen LogP contribution in [-0.2, 0) is 11.3 Å². The fourth-order valence-corrected chi connectivity index (χ4v) is 2.16. The molecule has 0 fully saturated rings. The molecule has 0 aromatic heterocycles. The van der Waals surface area contributed by atoms with Crippen molar-refractivity contribution < 1.29 is 9.53 Å². The molecule has 1 rings (SSSR count). The summed E-state index contributed by atoms with van der Waals surface area (Å²) < 4.78 is 5.23. The van der Waals surface area contributed by atoms with Gasteiger partial charge in [0.05, 0.1) is 0 Å². The van der Waals surface area contributed by atoms with Crippen LogP contribution in [-0.4, -0.2) is 24.3 Å². The molecule has 1 aromatic carbocycles. The molecular weight excluding hydrogens is 264 g/mol. The van der Waals surface area contributed by atoms with Crippen LogP contribution in [0, 0.1) is 13.8 Å². The van der Waals surface area contributed by atoms with Gasteiger partial charge in [0, 0.05) is 19.1 Å². The molecular formula is C17H28N2O2.